The molecule has 0 unspecified atom stereocenters. The summed E-state index contributed by atoms with van der Waals surface area (Å²) in [4.78, 5) is 18.9. The summed E-state index contributed by atoms with van der Waals surface area (Å²) in [6, 6.07) is 23.2. The first-order valence-electron chi connectivity index (χ1n) is 12.7. The number of nitrogens with zero attached hydrogens (tertiary/aromatic N) is 5. The van der Waals surface area contributed by atoms with Crippen molar-refractivity contribution in [2.75, 3.05) is 7.11 Å². The van der Waals surface area contributed by atoms with Gasteiger partial charge in [-0.2, -0.15) is 0 Å². The van der Waals surface area contributed by atoms with Gasteiger partial charge < -0.3 is 9.72 Å². The van der Waals surface area contributed by atoms with E-state index in [1.807, 2.05) is 75.4 Å². The van der Waals surface area contributed by atoms with Crippen molar-refractivity contribution in [2.24, 2.45) is 0 Å². The minimum atomic E-state index is -0.621. The van der Waals surface area contributed by atoms with Gasteiger partial charge in [0.15, 0.2) is 5.82 Å². The molecule has 0 aliphatic carbocycles. The maximum absolute atomic E-state index is 13.8. The highest BCUT2D eigenvalue weighted by atomic mass is 19.1. The van der Waals surface area contributed by atoms with Gasteiger partial charge in [0, 0.05) is 29.6 Å². The predicted molar refractivity (Wildman–Crippen MR) is 148 cm³/mol. The zero-order valence-electron chi connectivity index (χ0n) is 22.4. The average molecular weight is 527 g/mol. The van der Waals surface area contributed by atoms with E-state index in [0.29, 0.717) is 35.7 Å². The standard InChI is InChI=1S/C30H31FN6O2/c1-30(2,3)37-28(33-34-35-37)27(25-17-22-16-24(39-4)14-15-26(22)32-29(25)38)36(18-20-8-6-5-7-9-20)19-21-10-12-23(31)13-11-21/h5-17,27H,18-19H2,1-4H3,(H,32,38)/t27-/m0/s1. The summed E-state index contributed by atoms with van der Waals surface area (Å²) < 4.78 is 21.0. The van der Waals surface area contributed by atoms with E-state index in [1.165, 1.54) is 12.1 Å². The molecular weight excluding hydrogens is 495 g/mol. The monoisotopic (exact) mass is 526 g/mol. The van der Waals surface area contributed by atoms with Gasteiger partial charge in [0.2, 0.25) is 0 Å². The fraction of sp³-hybridized carbons (Fsp3) is 0.267. The molecule has 2 aromatic heterocycles. The Balaban J connectivity index is 1.73. The smallest absolute Gasteiger partial charge is 0.253 e. The molecule has 5 aromatic rings. The number of rotatable bonds is 8. The molecule has 0 aliphatic heterocycles. The quantitative estimate of drug-likeness (QED) is 0.299. The fourth-order valence-electron chi connectivity index (χ4n) is 4.75. The lowest BCUT2D eigenvalue weighted by Crippen LogP contribution is -2.37. The van der Waals surface area contributed by atoms with Crippen LogP contribution in [0.3, 0.4) is 0 Å². The van der Waals surface area contributed by atoms with Crippen LogP contribution in [0.1, 0.15) is 49.3 Å². The largest absolute Gasteiger partial charge is 0.497 e. The Morgan fingerprint density at radius 3 is 2.33 bits per heavy atom. The van der Waals surface area contributed by atoms with Crippen LogP contribution in [0.15, 0.2) is 83.7 Å². The summed E-state index contributed by atoms with van der Waals surface area (Å²) in [5.74, 6) is 0.916. The zero-order valence-corrected chi connectivity index (χ0v) is 22.4. The molecule has 0 amide bonds. The molecule has 0 saturated heterocycles. The second kappa shape index (κ2) is 10.8. The van der Waals surface area contributed by atoms with Crippen molar-refractivity contribution in [3.63, 3.8) is 0 Å². The molecule has 0 saturated carbocycles. The highest BCUT2D eigenvalue weighted by molar-refractivity contribution is 5.80. The minimum Gasteiger partial charge on any atom is -0.497 e. The zero-order chi connectivity index (χ0) is 27.6. The van der Waals surface area contributed by atoms with Crippen LogP contribution in [-0.2, 0) is 18.6 Å². The Labute approximate surface area is 226 Å². The lowest BCUT2D eigenvalue weighted by molar-refractivity contribution is 0.184. The Kier molecular flexibility index (Phi) is 7.26. The van der Waals surface area contributed by atoms with E-state index in [9.17, 15) is 9.18 Å². The van der Waals surface area contributed by atoms with Gasteiger partial charge in [-0.1, -0.05) is 42.5 Å². The summed E-state index contributed by atoms with van der Waals surface area (Å²) in [6.45, 7) is 6.96. The molecule has 0 radical (unpaired) electrons. The molecule has 2 heterocycles. The number of hydrogen-bond donors (Lipinski definition) is 1. The number of aromatic nitrogens is 5. The van der Waals surface area contributed by atoms with E-state index in [4.69, 9.17) is 4.74 Å². The maximum Gasteiger partial charge on any atom is 0.253 e. The third-order valence-corrected chi connectivity index (χ3v) is 6.64. The van der Waals surface area contributed by atoms with Gasteiger partial charge in [-0.25, -0.2) is 9.07 Å². The summed E-state index contributed by atoms with van der Waals surface area (Å²) >= 11 is 0. The van der Waals surface area contributed by atoms with Gasteiger partial charge in [0.05, 0.1) is 12.6 Å². The number of ether oxygens (including phenoxy) is 1. The number of nitrogens with one attached hydrogen (secondary N) is 1. The second-order valence-electron chi connectivity index (χ2n) is 10.5. The summed E-state index contributed by atoms with van der Waals surface area (Å²) in [6.07, 6.45) is 0. The highest BCUT2D eigenvalue weighted by Gasteiger charge is 2.33. The van der Waals surface area contributed by atoms with E-state index in [-0.39, 0.29) is 11.4 Å². The van der Waals surface area contributed by atoms with Gasteiger partial charge in [-0.15, -0.1) is 5.10 Å². The fourth-order valence-corrected chi connectivity index (χ4v) is 4.75. The minimum absolute atomic E-state index is 0.238. The molecule has 39 heavy (non-hydrogen) atoms. The summed E-state index contributed by atoms with van der Waals surface area (Å²) in [5, 5.41) is 13.6. The molecule has 0 spiro atoms. The van der Waals surface area contributed by atoms with Gasteiger partial charge in [0.25, 0.3) is 5.56 Å². The third-order valence-electron chi connectivity index (χ3n) is 6.64. The van der Waals surface area contributed by atoms with E-state index in [1.54, 1.807) is 23.9 Å². The number of benzene rings is 3. The molecule has 200 valence electrons. The van der Waals surface area contributed by atoms with Gasteiger partial charge in [-0.05, 0) is 78.7 Å². The van der Waals surface area contributed by atoms with Crippen LogP contribution in [0, 0.1) is 5.82 Å². The van der Waals surface area contributed by atoms with Crippen LogP contribution >= 0.6 is 0 Å². The molecule has 0 aliphatic rings. The Morgan fingerprint density at radius 2 is 1.67 bits per heavy atom. The molecule has 1 atom stereocenters. The third kappa shape index (κ3) is 5.73. The van der Waals surface area contributed by atoms with Crippen molar-refractivity contribution in [2.45, 2.75) is 45.4 Å². The van der Waals surface area contributed by atoms with Crippen molar-refractivity contribution >= 4 is 10.9 Å². The number of fused-ring (bicyclic) bond motifs is 1. The first-order valence-corrected chi connectivity index (χ1v) is 12.7. The van der Waals surface area contributed by atoms with Crippen molar-refractivity contribution < 1.29 is 9.13 Å². The van der Waals surface area contributed by atoms with E-state index < -0.39 is 11.6 Å². The topological polar surface area (TPSA) is 88.9 Å². The average Bonchev–Trinajstić information content (AvgIpc) is 3.41. The van der Waals surface area contributed by atoms with Crippen molar-refractivity contribution in [3.05, 3.63) is 118 Å². The van der Waals surface area contributed by atoms with E-state index in [0.717, 1.165) is 16.5 Å². The van der Waals surface area contributed by atoms with Crippen LogP contribution in [0.2, 0.25) is 0 Å². The van der Waals surface area contributed by atoms with Gasteiger partial charge in [0.1, 0.15) is 17.6 Å². The summed E-state index contributed by atoms with van der Waals surface area (Å²) in [7, 11) is 1.61. The first kappa shape index (κ1) is 26.2. The van der Waals surface area contributed by atoms with Crippen LogP contribution < -0.4 is 10.3 Å². The molecule has 0 bridgehead atoms. The molecule has 1 N–H and O–H groups in total. The Morgan fingerprint density at radius 1 is 0.974 bits per heavy atom. The number of hydrogen-bond acceptors (Lipinski definition) is 6. The van der Waals surface area contributed by atoms with E-state index >= 15 is 0 Å². The second-order valence-corrected chi connectivity index (χ2v) is 10.5. The first-order chi connectivity index (χ1) is 18.7. The molecule has 3 aromatic carbocycles. The number of pyridine rings is 1. The Bertz CT molecular complexity index is 1620. The lowest BCUT2D eigenvalue weighted by atomic mass is 10.00. The molecule has 5 rings (SSSR count). The van der Waals surface area contributed by atoms with Crippen LogP contribution in [0.4, 0.5) is 4.39 Å². The lowest BCUT2D eigenvalue weighted by Gasteiger charge is -2.33. The Hall–Kier alpha value is -4.37. The van der Waals surface area contributed by atoms with Crippen LogP contribution in [0.5, 0.6) is 5.75 Å². The normalized spacial score (nSPS) is 12.7. The van der Waals surface area contributed by atoms with Crippen molar-refractivity contribution in [1.29, 1.82) is 0 Å². The molecule has 9 heteroatoms. The number of tetrazole rings is 1. The number of H-pyrrole nitrogens is 1. The number of halogens is 1. The SMILES string of the molecule is COc1ccc2[nH]c(=O)c([C@@H](c3nnnn3C(C)(C)C)N(Cc3ccccc3)Cc3ccc(F)cc3)cc2c1. The van der Waals surface area contributed by atoms with Gasteiger partial charge in [-0.3, -0.25) is 9.69 Å². The molecule has 8 nitrogen and oxygen atoms in total. The van der Waals surface area contributed by atoms with Gasteiger partial charge >= 0.3 is 0 Å². The molecule has 0 fully saturated rings. The van der Waals surface area contributed by atoms with Crippen LogP contribution in [0.25, 0.3) is 10.9 Å². The van der Waals surface area contributed by atoms with Crippen molar-refractivity contribution in [3.8, 4) is 5.75 Å². The van der Waals surface area contributed by atoms with E-state index in [2.05, 4.69) is 25.4 Å². The number of methoxy groups -OCH3 is 1. The predicted octanol–water partition coefficient (Wildman–Crippen LogP) is 5.21. The van der Waals surface area contributed by atoms with Crippen molar-refractivity contribution in [1.82, 2.24) is 30.1 Å². The molecular formula is C30H31FN6O2. The highest BCUT2D eigenvalue weighted by Crippen LogP contribution is 2.32. The summed E-state index contributed by atoms with van der Waals surface area (Å²) in [5.41, 5.74) is 2.46. The van der Waals surface area contributed by atoms with Crippen LogP contribution in [-0.4, -0.2) is 37.2 Å². The maximum atomic E-state index is 13.8. The number of aromatic amines is 1.